The van der Waals surface area contributed by atoms with Crippen molar-refractivity contribution >= 4 is 5.69 Å². The zero-order chi connectivity index (χ0) is 14.4. The number of rotatable bonds is 6. The molecule has 2 aromatic rings. The Morgan fingerprint density at radius 2 is 1.85 bits per heavy atom. The number of anilines is 1. The van der Waals surface area contributed by atoms with Gasteiger partial charge in [0.15, 0.2) is 0 Å². The SMILES string of the molecule is CCNc1ccnc(CN(C)Cc2ccc(C)cc2)c1. The Kier molecular flexibility index (Phi) is 5.13. The molecule has 0 unspecified atom stereocenters. The van der Waals surface area contributed by atoms with Crippen molar-refractivity contribution in [2.45, 2.75) is 26.9 Å². The molecule has 3 heteroatoms. The second-order valence-corrected chi connectivity index (χ2v) is 5.22. The third-order valence-corrected chi connectivity index (χ3v) is 3.20. The van der Waals surface area contributed by atoms with Crippen molar-refractivity contribution in [2.75, 3.05) is 18.9 Å². The van der Waals surface area contributed by atoms with Gasteiger partial charge in [-0.05, 0) is 38.6 Å². The first-order chi connectivity index (χ1) is 9.67. The molecule has 0 radical (unpaired) electrons. The molecule has 1 heterocycles. The summed E-state index contributed by atoms with van der Waals surface area (Å²) in [5, 5.41) is 3.32. The molecule has 0 fully saturated rings. The van der Waals surface area contributed by atoms with Crippen molar-refractivity contribution in [1.29, 1.82) is 0 Å². The smallest absolute Gasteiger partial charge is 0.0564 e. The summed E-state index contributed by atoms with van der Waals surface area (Å²) in [5.41, 5.74) is 4.87. The first-order valence-corrected chi connectivity index (χ1v) is 7.10. The maximum atomic E-state index is 4.44. The summed E-state index contributed by atoms with van der Waals surface area (Å²) in [6, 6.07) is 12.8. The molecular weight excluding hydrogens is 246 g/mol. The summed E-state index contributed by atoms with van der Waals surface area (Å²) in [5.74, 6) is 0. The zero-order valence-electron chi connectivity index (χ0n) is 12.6. The van der Waals surface area contributed by atoms with E-state index in [4.69, 9.17) is 0 Å². The van der Waals surface area contributed by atoms with Crippen LogP contribution in [0.15, 0.2) is 42.6 Å². The van der Waals surface area contributed by atoms with Crippen LogP contribution in [0.1, 0.15) is 23.7 Å². The van der Waals surface area contributed by atoms with Crippen LogP contribution in [0.5, 0.6) is 0 Å². The van der Waals surface area contributed by atoms with Crippen molar-refractivity contribution in [3.05, 3.63) is 59.4 Å². The van der Waals surface area contributed by atoms with Crippen LogP contribution in [0.2, 0.25) is 0 Å². The molecule has 1 N–H and O–H groups in total. The number of nitrogens with zero attached hydrogens (tertiary/aromatic N) is 2. The fourth-order valence-electron chi connectivity index (χ4n) is 2.22. The van der Waals surface area contributed by atoms with Crippen LogP contribution < -0.4 is 5.32 Å². The van der Waals surface area contributed by atoms with E-state index in [2.05, 4.69) is 66.4 Å². The van der Waals surface area contributed by atoms with E-state index < -0.39 is 0 Å². The lowest BCUT2D eigenvalue weighted by Gasteiger charge is -2.17. The van der Waals surface area contributed by atoms with Gasteiger partial charge in [-0.15, -0.1) is 0 Å². The predicted molar refractivity (Wildman–Crippen MR) is 84.8 cm³/mol. The summed E-state index contributed by atoms with van der Waals surface area (Å²) in [4.78, 5) is 6.72. The Labute approximate surface area is 121 Å². The van der Waals surface area contributed by atoms with Crippen LogP contribution in [0, 0.1) is 6.92 Å². The lowest BCUT2D eigenvalue weighted by Crippen LogP contribution is -2.18. The highest BCUT2D eigenvalue weighted by Crippen LogP contribution is 2.11. The molecule has 20 heavy (non-hydrogen) atoms. The molecular formula is C17H23N3. The van der Waals surface area contributed by atoms with Crippen molar-refractivity contribution < 1.29 is 0 Å². The maximum Gasteiger partial charge on any atom is 0.0564 e. The highest BCUT2D eigenvalue weighted by Gasteiger charge is 2.03. The largest absolute Gasteiger partial charge is 0.385 e. The van der Waals surface area contributed by atoms with E-state index in [-0.39, 0.29) is 0 Å². The molecule has 3 nitrogen and oxygen atoms in total. The molecule has 1 aromatic carbocycles. The number of nitrogens with one attached hydrogen (secondary N) is 1. The van der Waals surface area contributed by atoms with Crippen molar-refractivity contribution in [1.82, 2.24) is 9.88 Å². The number of aryl methyl sites for hydroxylation is 1. The number of pyridine rings is 1. The van der Waals surface area contributed by atoms with Crippen LogP contribution in [0.3, 0.4) is 0 Å². The number of aromatic nitrogens is 1. The quantitative estimate of drug-likeness (QED) is 0.870. The summed E-state index contributed by atoms with van der Waals surface area (Å²) < 4.78 is 0. The Hall–Kier alpha value is -1.87. The summed E-state index contributed by atoms with van der Waals surface area (Å²) in [7, 11) is 2.13. The molecule has 0 amide bonds. The molecule has 0 aliphatic heterocycles. The minimum Gasteiger partial charge on any atom is -0.385 e. The fourth-order valence-corrected chi connectivity index (χ4v) is 2.22. The number of hydrogen-bond acceptors (Lipinski definition) is 3. The van der Waals surface area contributed by atoms with Gasteiger partial charge in [-0.3, -0.25) is 9.88 Å². The lowest BCUT2D eigenvalue weighted by atomic mass is 10.1. The van der Waals surface area contributed by atoms with Crippen LogP contribution >= 0.6 is 0 Å². The van der Waals surface area contributed by atoms with Gasteiger partial charge in [-0.25, -0.2) is 0 Å². The molecule has 2 rings (SSSR count). The molecule has 0 saturated heterocycles. The van der Waals surface area contributed by atoms with E-state index in [0.717, 1.165) is 31.0 Å². The standard InChI is InChI=1S/C17H23N3/c1-4-18-16-9-10-19-17(11-16)13-20(3)12-15-7-5-14(2)6-8-15/h5-11H,4,12-13H2,1-3H3,(H,18,19). The second kappa shape index (κ2) is 7.06. The Morgan fingerprint density at radius 3 is 2.55 bits per heavy atom. The molecule has 0 aliphatic rings. The fraction of sp³-hybridized carbons (Fsp3) is 0.353. The number of benzene rings is 1. The van der Waals surface area contributed by atoms with Crippen molar-refractivity contribution in [3.8, 4) is 0 Å². The van der Waals surface area contributed by atoms with Gasteiger partial charge in [-0.2, -0.15) is 0 Å². The molecule has 0 aliphatic carbocycles. The van der Waals surface area contributed by atoms with Crippen molar-refractivity contribution in [3.63, 3.8) is 0 Å². The topological polar surface area (TPSA) is 28.2 Å². The second-order valence-electron chi connectivity index (χ2n) is 5.22. The summed E-state index contributed by atoms with van der Waals surface area (Å²) in [6.07, 6.45) is 1.87. The van der Waals surface area contributed by atoms with Gasteiger partial charge in [0, 0.05) is 31.5 Å². The molecule has 0 saturated carbocycles. The van der Waals surface area contributed by atoms with Crippen LogP contribution in [-0.4, -0.2) is 23.5 Å². The molecule has 0 spiro atoms. The maximum absolute atomic E-state index is 4.44. The van der Waals surface area contributed by atoms with E-state index in [0.29, 0.717) is 0 Å². The minimum absolute atomic E-state index is 0.854. The van der Waals surface area contributed by atoms with E-state index in [1.807, 2.05) is 12.3 Å². The molecule has 0 atom stereocenters. The van der Waals surface area contributed by atoms with Gasteiger partial charge >= 0.3 is 0 Å². The van der Waals surface area contributed by atoms with E-state index in [9.17, 15) is 0 Å². The van der Waals surface area contributed by atoms with Crippen molar-refractivity contribution in [2.24, 2.45) is 0 Å². The van der Waals surface area contributed by atoms with E-state index in [1.165, 1.54) is 11.1 Å². The average molecular weight is 269 g/mol. The van der Waals surface area contributed by atoms with Crippen LogP contribution in [0.25, 0.3) is 0 Å². The third kappa shape index (κ3) is 4.35. The Balaban J connectivity index is 1.95. The first kappa shape index (κ1) is 14.5. The third-order valence-electron chi connectivity index (χ3n) is 3.20. The number of hydrogen-bond donors (Lipinski definition) is 1. The van der Waals surface area contributed by atoms with Crippen LogP contribution in [0.4, 0.5) is 5.69 Å². The normalized spacial score (nSPS) is 10.8. The molecule has 0 bridgehead atoms. The zero-order valence-corrected chi connectivity index (χ0v) is 12.6. The molecule has 106 valence electrons. The van der Waals surface area contributed by atoms with Gasteiger partial charge < -0.3 is 5.32 Å². The summed E-state index contributed by atoms with van der Waals surface area (Å²) in [6.45, 7) is 6.94. The van der Waals surface area contributed by atoms with Gasteiger partial charge in [0.1, 0.15) is 0 Å². The summed E-state index contributed by atoms with van der Waals surface area (Å²) >= 11 is 0. The van der Waals surface area contributed by atoms with Gasteiger partial charge in [0.25, 0.3) is 0 Å². The predicted octanol–water partition coefficient (Wildman–Crippen LogP) is 3.45. The highest BCUT2D eigenvalue weighted by atomic mass is 15.1. The van der Waals surface area contributed by atoms with E-state index >= 15 is 0 Å². The van der Waals surface area contributed by atoms with E-state index in [1.54, 1.807) is 0 Å². The first-order valence-electron chi connectivity index (χ1n) is 7.10. The average Bonchev–Trinajstić information content (AvgIpc) is 2.42. The highest BCUT2D eigenvalue weighted by molar-refractivity contribution is 5.42. The lowest BCUT2D eigenvalue weighted by molar-refractivity contribution is 0.315. The van der Waals surface area contributed by atoms with Gasteiger partial charge in [-0.1, -0.05) is 29.8 Å². The Morgan fingerprint density at radius 1 is 1.10 bits per heavy atom. The van der Waals surface area contributed by atoms with Gasteiger partial charge in [0.2, 0.25) is 0 Å². The Bertz CT molecular complexity index is 534. The monoisotopic (exact) mass is 269 g/mol. The van der Waals surface area contributed by atoms with Gasteiger partial charge in [0.05, 0.1) is 5.69 Å². The molecule has 1 aromatic heterocycles. The van der Waals surface area contributed by atoms with Crippen LogP contribution in [-0.2, 0) is 13.1 Å². The minimum atomic E-state index is 0.854.